The van der Waals surface area contributed by atoms with Gasteiger partial charge in [-0.3, -0.25) is 0 Å². The molecule has 0 aliphatic carbocycles. The molecule has 1 aliphatic rings. The maximum Gasteiger partial charge on any atom is 0.235 e. The first-order chi connectivity index (χ1) is 5.93. The summed E-state index contributed by atoms with van der Waals surface area (Å²) in [5.41, 5.74) is 0. The van der Waals surface area contributed by atoms with Gasteiger partial charge in [0.05, 0.1) is 6.54 Å². The van der Waals surface area contributed by atoms with E-state index >= 15 is 0 Å². The lowest BCUT2D eigenvalue weighted by molar-refractivity contribution is 0.564. The summed E-state index contributed by atoms with van der Waals surface area (Å²) < 4.78 is 0. The number of thioether (sulfide) groups is 1. The summed E-state index contributed by atoms with van der Waals surface area (Å²) in [5.74, 6) is 3.46. The van der Waals surface area contributed by atoms with E-state index in [9.17, 15) is 4.79 Å². The van der Waals surface area contributed by atoms with Crippen molar-refractivity contribution >= 4 is 17.8 Å². The van der Waals surface area contributed by atoms with Crippen LogP contribution in [0.15, 0.2) is 17.1 Å². The molecule has 2 nitrogen and oxygen atoms in total. The van der Waals surface area contributed by atoms with E-state index in [2.05, 4.69) is 11.1 Å². The molecule has 0 aromatic carbocycles. The van der Waals surface area contributed by atoms with E-state index < -0.39 is 0 Å². The maximum absolute atomic E-state index is 9.70. The monoisotopic (exact) mass is 183 g/mol. The van der Waals surface area contributed by atoms with Crippen molar-refractivity contribution in [3.8, 4) is 0 Å². The van der Waals surface area contributed by atoms with Gasteiger partial charge in [0.2, 0.25) is 6.08 Å². The van der Waals surface area contributed by atoms with Crippen molar-refractivity contribution in [3.63, 3.8) is 0 Å². The van der Waals surface area contributed by atoms with E-state index in [-0.39, 0.29) is 0 Å². The van der Waals surface area contributed by atoms with Crippen molar-refractivity contribution in [2.45, 2.75) is 12.8 Å². The first-order valence-corrected chi connectivity index (χ1v) is 5.35. The van der Waals surface area contributed by atoms with E-state index in [4.69, 9.17) is 0 Å². The third kappa shape index (κ3) is 3.74. The lowest BCUT2D eigenvalue weighted by Gasteiger charge is -2.01. The first kappa shape index (κ1) is 9.56. The van der Waals surface area contributed by atoms with E-state index in [0.717, 1.165) is 12.3 Å². The topological polar surface area (TPSA) is 29.4 Å². The highest BCUT2D eigenvalue weighted by molar-refractivity contribution is 7.99. The minimum absolute atomic E-state index is 0.489. The molecule has 0 saturated carbocycles. The molecule has 0 spiro atoms. The van der Waals surface area contributed by atoms with Crippen LogP contribution in [0, 0.1) is 5.92 Å². The third-order valence-electron chi connectivity index (χ3n) is 1.92. The van der Waals surface area contributed by atoms with Crippen LogP contribution in [0.25, 0.3) is 0 Å². The molecule has 1 saturated heterocycles. The quantitative estimate of drug-likeness (QED) is 0.379. The standard InChI is InChI=1S/C9H13NOS/c11-8-10-5-2-1-3-9-4-6-12-7-9/h1-2,9H,3-7H2/b2-1-. The molecule has 1 aliphatic heterocycles. The Balaban J connectivity index is 2.07. The average molecular weight is 183 g/mol. The Morgan fingerprint density at radius 2 is 2.50 bits per heavy atom. The smallest absolute Gasteiger partial charge is 0.211 e. The third-order valence-corrected chi connectivity index (χ3v) is 3.15. The Bertz CT molecular complexity index is 191. The molecule has 0 aromatic heterocycles. The number of hydrogen-bond donors (Lipinski definition) is 0. The Hall–Kier alpha value is -0.530. The van der Waals surface area contributed by atoms with Gasteiger partial charge in [-0.05, 0) is 30.3 Å². The lowest BCUT2D eigenvalue weighted by atomic mass is 10.1. The van der Waals surface area contributed by atoms with Crippen LogP contribution in [-0.2, 0) is 4.79 Å². The summed E-state index contributed by atoms with van der Waals surface area (Å²) in [4.78, 5) is 13.1. The molecule has 12 heavy (non-hydrogen) atoms. The summed E-state index contributed by atoms with van der Waals surface area (Å²) in [6, 6.07) is 0. The number of aliphatic imine (C=N–C) groups is 1. The minimum atomic E-state index is 0.489. The average Bonchev–Trinajstić information content (AvgIpc) is 2.57. The largest absolute Gasteiger partial charge is 0.235 e. The van der Waals surface area contributed by atoms with Crippen LogP contribution in [0.4, 0.5) is 0 Å². The summed E-state index contributed by atoms with van der Waals surface area (Å²) in [6.45, 7) is 0.489. The fourth-order valence-electron chi connectivity index (χ4n) is 1.22. The summed E-state index contributed by atoms with van der Waals surface area (Å²) in [5, 5.41) is 0. The molecule has 1 heterocycles. The SMILES string of the molecule is O=C=NC/C=C\CC1CCSC1. The van der Waals surface area contributed by atoms with Crippen LogP contribution in [0.5, 0.6) is 0 Å². The highest BCUT2D eigenvalue weighted by Crippen LogP contribution is 2.25. The molecule has 1 rings (SSSR count). The van der Waals surface area contributed by atoms with Crippen LogP contribution in [0.1, 0.15) is 12.8 Å². The lowest BCUT2D eigenvalue weighted by Crippen LogP contribution is -1.94. The van der Waals surface area contributed by atoms with Crippen molar-refractivity contribution in [3.05, 3.63) is 12.2 Å². The molecule has 66 valence electrons. The molecular formula is C9H13NOS. The van der Waals surface area contributed by atoms with Gasteiger partial charge in [0, 0.05) is 0 Å². The molecule has 3 heteroatoms. The van der Waals surface area contributed by atoms with Crippen LogP contribution in [0.3, 0.4) is 0 Å². The number of hydrogen-bond acceptors (Lipinski definition) is 3. The highest BCUT2D eigenvalue weighted by atomic mass is 32.2. The van der Waals surface area contributed by atoms with Crippen molar-refractivity contribution in [1.82, 2.24) is 0 Å². The van der Waals surface area contributed by atoms with Gasteiger partial charge in [-0.25, -0.2) is 9.79 Å². The van der Waals surface area contributed by atoms with Crippen LogP contribution in [-0.4, -0.2) is 24.1 Å². The van der Waals surface area contributed by atoms with Crippen LogP contribution < -0.4 is 0 Å². The maximum atomic E-state index is 9.70. The van der Waals surface area contributed by atoms with Gasteiger partial charge in [-0.15, -0.1) is 0 Å². The molecule has 1 atom stereocenters. The number of allylic oxidation sites excluding steroid dienone is 1. The molecule has 1 fully saturated rings. The minimum Gasteiger partial charge on any atom is -0.211 e. The van der Waals surface area contributed by atoms with Crippen molar-refractivity contribution in [2.75, 3.05) is 18.1 Å². The Kier molecular flexibility index (Phi) is 4.81. The van der Waals surface area contributed by atoms with Gasteiger partial charge in [0.15, 0.2) is 0 Å². The van der Waals surface area contributed by atoms with E-state index in [1.54, 1.807) is 0 Å². The summed E-state index contributed by atoms with van der Waals surface area (Å²) in [6.07, 6.45) is 8.06. The predicted molar refractivity (Wildman–Crippen MR) is 52.2 cm³/mol. The van der Waals surface area contributed by atoms with Crippen LogP contribution in [0.2, 0.25) is 0 Å². The Labute approximate surface area is 77.1 Å². The summed E-state index contributed by atoms with van der Waals surface area (Å²) >= 11 is 2.03. The highest BCUT2D eigenvalue weighted by Gasteiger charge is 2.12. The number of carbonyl (C=O) groups excluding carboxylic acids is 1. The predicted octanol–water partition coefficient (Wildman–Crippen LogP) is 2.02. The number of isocyanates is 1. The van der Waals surface area contributed by atoms with Gasteiger partial charge < -0.3 is 0 Å². The van der Waals surface area contributed by atoms with Crippen molar-refractivity contribution < 1.29 is 4.79 Å². The Morgan fingerprint density at radius 1 is 1.58 bits per heavy atom. The van der Waals surface area contributed by atoms with Gasteiger partial charge >= 0.3 is 0 Å². The van der Waals surface area contributed by atoms with Gasteiger partial charge in [-0.2, -0.15) is 11.8 Å². The molecule has 1 unspecified atom stereocenters. The zero-order chi connectivity index (χ0) is 8.65. The molecule has 0 amide bonds. The van der Waals surface area contributed by atoms with E-state index in [1.165, 1.54) is 24.0 Å². The van der Waals surface area contributed by atoms with Crippen LogP contribution >= 0.6 is 11.8 Å². The van der Waals surface area contributed by atoms with Gasteiger partial charge in [0.25, 0.3) is 0 Å². The molecule has 0 aromatic rings. The number of rotatable bonds is 4. The van der Waals surface area contributed by atoms with E-state index in [0.29, 0.717) is 6.54 Å². The first-order valence-electron chi connectivity index (χ1n) is 4.20. The molecule has 0 N–H and O–H groups in total. The molecule has 0 radical (unpaired) electrons. The van der Waals surface area contributed by atoms with Crippen molar-refractivity contribution in [2.24, 2.45) is 10.9 Å². The van der Waals surface area contributed by atoms with E-state index in [1.807, 2.05) is 17.8 Å². The van der Waals surface area contributed by atoms with Gasteiger partial charge in [0.1, 0.15) is 0 Å². The van der Waals surface area contributed by atoms with Gasteiger partial charge in [-0.1, -0.05) is 12.2 Å². The Morgan fingerprint density at radius 3 is 3.17 bits per heavy atom. The van der Waals surface area contributed by atoms with Crippen molar-refractivity contribution in [1.29, 1.82) is 0 Å². The second kappa shape index (κ2) is 6.04. The normalized spacial score (nSPS) is 22.8. The molecule has 0 bridgehead atoms. The fourth-order valence-corrected chi connectivity index (χ4v) is 2.53. The zero-order valence-corrected chi connectivity index (χ0v) is 7.85. The summed E-state index contributed by atoms with van der Waals surface area (Å²) in [7, 11) is 0. The molecular weight excluding hydrogens is 170 g/mol. The second-order valence-corrected chi connectivity index (χ2v) is 4.02. The zero-order valence-electron chi connectivity index (χ0n) is 7.03. The number of nitrogens with zero attached hydrogens (tertiary/aromatic N) is 1. The second-order valence-electron chi connectivity index (χ2n) is 2.87. The fraction of sp³-hybridized carbons (Fsp3) is 0.667.